The van der Waals surface area contributed by atoms with Gasteiger partial charge in [0.1, 0.15) is 17.3 Å². The zero-order valence-corrected chi connectivity index (χ0v) is 17.9. The predicted octanol–water partition coefficient (Wildman–Crippen LogP) is 5.32. The van der Waals surface area contributed by atoms with Crippen LogP contribution >= 0.6 is 11.6 Å². The molecule has 8 heteroatoms. The molecule has 0 aromatic heterocycles. The van der Waals surface area contributed by atoms with Gasteiger partial charge in [-0.1, -0.05) is 48.0 Å². The summed E-state index contributed by atoms with van der Waals surface area (Å²) in [6.45, 7) is 0.694. The Morgan fingerprint density at radius 3 is 2.66 bits per heavy atom. The maximum atomic E-state index is 13.9. The SMILES string of the molecule is COC(=O)c1ccc(CN2C(=O)NCC2c2ccccc2)c(Oc2ccc(Cl)c(F)c2)c1. The van der Waals surface area contributed by atoms with Crippen molar-refractivity contribution in [2.45, 2.75) is 12.6 Å². The van der Waals surface area contributed by atoms with Crippen LogP contribution in [-0.2, 0) is 11.3 Å². The molecule has 2 amide bonds. The summed E-state index contributed by atoms with van der Waals surface area (Å²) in [5.41, 5.74) is 1.91. The highest BCUT2D eigenvalue weighted by Crippen LogP contribution is 2.33. The summed E-state index contributed by atoms with van der Waals surface area (Å²) >= 11 is 5.76. The van der Waals surface area contributed by atoms with Gasteiger partial charge in [-0.05, 0) is 29.8 Å². The Labute approximate surface area is 189 Å². The molecule has 1 fully saturated rings. The minimum absolute atomic E-state index is 0.0275. The van der Waals surface area contributed by atoms with E-state index < -0.39 is 11.8 Å². The van der Waals surface area contributed by atoms with Crippen molar-refractivity contribution in [2.75, 3.05) is 13.7 Å². The first kappa shape index (κ1) is 21.6. The van der Waals surface area contributed by atoms with Gasteiger partial charge >= 0.3 is 12.0 Å². The number of rotatable bonds is 6. The lowest BCUT2D eigenvalue weighted by molar-refractivity contribution is 0.0600. The van der Waals surface area contributed by atoms with Crippen LogP contribution < -0.4 is 10.1 Å². The van der Waals surface area contributed by atoms with Gasteiger partial charge in [0, 0.05) is 18.2 Å². The van der Waals surface area contributed by atoms with Gasteiger partial charge in [-0.3, -0.25) is 0 Å². The number of urea groups is 1. The molecule has 1 saturated heterocycles. The quantitative estimate of drug-likeness (QED) is 0.511. The molecule has 1 aliphatic heterocycles. The number of methoxy groups -OCH3 is 1. The second-order valence-electron chi connectivity index (χ2n) is 7.23. The lowest BCUT2D eigenvalue weighted by Crippen LogP contribution is -2.29. The average Bonchev–Trinajstić information content (AvgIpc) is 3.17. The minimum Gasteiger partial charge on any atom is -0.465 e. The van der Waals surface area contributed by atoms with Gasteiger partial charge in [-0.2, -0.15) is 0 Å². The molecule has 1 N–H and O–H groups in total. The number of esters is 1. The third-order valence-electron chi connectivity index (χ3n) is 5.22. The summed E-state index contributed by atoms with van der Waals surface area (Å²) in [7, 11) is 1.28. The summed E-state index contributed by atoms with van der Waals surface area (Å²) in [4.78, 5) is 26.3. The van der Waals surface area contributed by atoms with Crippen molar-refractivity contribution < 1.29 is 23.5 Å². The molecule has 1 atom stereocenters. The molecule has 0 saturated carbocycles. The number of nitrogens with zero attached hydrogens (tertiary/aromatic N) is 1. The van der Waals surface area contributed by atoms with Gasteiger partial charge in [0.25, 0.3) is 0 Å². The summed E-state index contributed by atoms with van der Waals surface area (Å²) in [6.07, 6.45) is 0. The van der Waals surface area contributed by atoms with E-state index in [9.17, 15) is 14.0 Å². The Hall–Kier alpha value is -3.58. The number of hydrogen-bond donors (Lipinski definition) is 1. The van der Waals surface area contributed by atoms with Crippen molar-refractivity contribution in [2.24, 2.45) is 0 Å². The van der Waals surface area contributed by atoms with Crippen LogP contribution in [0.2, 0.25) is 5.02 Å². The van der Waals surface area contributed by atoms with E-state index in [1.54, 1.807) is 17.0 Å². The van der Waals surface area contributed by atoms with Gasteiger partial charge in [-0.25, -0.2) is 14.0 Å². The van der Waals surface area contributed by atoms with Crippen molar-refractivity contribution in [3.8, 4) is 11.5 Å². The van der Waals surface area contributed by atoms with E-state index in [0.29, 0.717) is 17.9 Å². The molecule has 0 bridgehead atoms. The highest BCUT2D eigenvalue weighted by atomic mass is 35.5. The highest BCUT2D eigenvalue weighted by Gasteiger charge is 2.32. The smallest absolute Gasteiger partial charge is 0.337 e. The number of benzene rings is 3. The normalized spacial score (nSPS) is 15.4. The van der Waals surface area contributed by atoms with Gasteiger partial charge in [-0.15, -0.1) is 0 Å². The van der Waals surface area contributed by atoms with Gasteiger partial charge in [0.2, 0.25) is 0 Å². The molecule has 4 rings (SSSR count). The van der Waals surface area contributed by atoms with Gasteiger partial charge in [0.15, 0.2) is 0 Å². The number of carbonyl (C=O) groups excluding carboxylic acids is 2. The van der Waals surface area contributed by atoms with E-state index in [4.69, 9.17) is 21.1 Å². The number of hydrogen-bond acceptors (Lipinski definition) is 4. The second kappa shape index (κ2) is 9.28. The number of nitrogens with one attached hydrogen (secondary N) is 1. The number of halogens is 2. The molecule has 3 aromatic carbocycles. The highest BCUT2D eigenvalue weighted by molar-refractivity contribution is 6.30. The Morgan fingerprint density at radius 2 is 1.94 bits per heavy atom. The van der Waals surface area contributed by atoms with E-state index in [1.807, 2.05) is 30.3 Å². The number of amides is 2. The second-order valence-corrected chi connectivity index (χ2v) is 7.64. The van der Waals surface area contributed by atoms with Crippen LogP contribution in [0.1, 0.15) is 27.5 Å². The van der Waals surface area contributed by atoms with Crippen LogP contribution in [0.3, 0.4) is 0 Å². The van der Waals surface area contributed by atoms with Crippen LogP contribution in [-0.4, -0.2) is 30.6 Å². The van der Waals surface area contributed by atoms with E-state index in [2.05, 4.69) is 5.32 Å². The van der Waals surface area contributed by atoms with Crippen molar-refractivity contribution in [3.63, 3.8) is 0 Å². The molecule has 6 nitrogen and oxygen atoms in total. The van der Waals surface area contributed by atoms with Gasteiger partial charge in [0.05, 0.1) is 30.3 Å². The Kier molecular flexibility index (Phi) is 6.28. The van der Waals surface area contributed by atoms with Crippen LogP contribution in [0.5, 0.6) is 11.5 Å². The van der Waals surface area contributed by atoms with Crippen LogP contribution in [0.15, 0.2) is 66.7 Å². The van der Waals surface area contributed by atoms with Gasteiger partial charge < -0.3 is 19.7 Å². The van der Waals surface area contributed by atoms with Crippen molar-refractivity contribution >= 4 is 23.6 Å². The van der Waals surface area contributed by atoms with E-state index in [1.165, 1.54) is 25.3 Å². The number of carbonyl (C=O) groups is 2. The fraction of sp³-hybridized carbons (Fsp3) is 0.167. The first-order valence-corrected chi connectivity index (χ1v) is 10.3. The molecule has 0 spiro atoms. The Bertz CT molecular complexity index is 1160. The third-order valence-corrected chi connectivity index (χ3v) is 5.52. The first-order valence-electron chi connectivity index (χ1n) is 9.90. The standard InChI is InChI=1S/C24H20ClFN2O4/c1-31-23(29)16-7-8-17(22(11-16)32-18-9-10-19(25)20(26)12-18)14-28-21(13-27-24(28)30)15-5-3-2-4-6-15/h2-12,21H,13-14H2,1H3,(H,27,30). The van der Waals surface area contributed by atoms with Crippen LogP contribution in [0, 0.1) is 5.82 Å². The molecule has 1 aliphatic rings. The molecule has 0 aliphatic carbocycles. The molecule has 32 heavy (non-hydrogen) atoms. The largest absolute Gasteiger partial charge is 0.465 e. The summed E-state index contributed by atoms with van der Waals surface area (Å²) in [6, 6.07) is 18.2. The first-order chi connectivity index (χ1) is 15.5. The van der Waals surface area contributed by atoms with Crippen molar-refractivity contribution in [3.05, 3.63) is 94.3 Å². The molecular formula is C24H20ClFN2O4. The average molecular weight is 455 g/mol. The molecule has 0 radical (unpaired) electrons. The fourth-order valence-corrected chi connectivity index (χ4v) is 3.69. The van der Waals surface area contributed by atoms with Crippen LogP contribution in [0.4, 0.5) is 9.18 Å². The monoisotopic (exact) mass is 454 g/mol. The molecule has 164 valence electrons. The van der Waals surface area contributed by atoms with Crippen molar-refractivity contribution in [1.29, 1.82) is 0 Å². The Morgan fingerprint density at radius 1 is 1.16 bits per heavy atom. The van der Waals surface area contributed by atoms with Crippen LogP contribution in [0.25, 0.3) is 0 Å². The predicted molar refractivity (Wildman–Crippen MR) is 117 cm³/mol. The van der Waals surface area contributed by atoms with E-state index in [0.717, 1.165) is 11.6 Å². The maximum Gasteiger partial charge on any atom is 0.337 e. The summed E-state index contributed by atoms with van der Waals surface area (Å²) in [5.74, 6) is -0.649. The maximum absolute atomic E-state index is 13.9. The van der Waals surface area contributed by atoms with E-state index in [-0.39, 0.29) is 35.0 Å². The summed E-state index contributed by atoms with van der Waals surface area (Å²) in [5, 5.41) is 2.84. The van der Waals surface area contributed by atoms with E-state index >= 15 is 0 Å². The zero-order valence-electron chi connectivity index (χ0n) is 17.2. The summed E-state index contributed by atoms with van der Waals surface area (Å²) < 4.78 is 24.6. The van der Waals surface area contributed by atoms with Crippen molar-refractivity contribution in [1.82, 2.24) is 10.2 Å². The molecule has 1 heterocycles. The number of ether oxygens (including phenoxy) is 2. The third kappa shape index (κ3) is 4.53. The molecular weight excluding hydrogens is 435 g/mol. The minimum atomic E-state index is -0.627. The molecule has 3 aromatic rings. The lowest BCUT2D eigenvalue weighted by atomic mass is 10.0. The Balaban J connectivity index is 1.68. The lowest BCUT2D eigenvalue weighted by Gasteiger charge is -2.24. The fourth-order valence-electron chi connectivity index (χ4n) is 3.57. The topological polar surface area (TPSA) is 67.9 Å². The molecule has 1 unspecified atom stereocenters. The zero-order chi connectivity index (χ0) is 22.7.